The summed E-state index contributed by atoms with van der Waals surface area (Å²) in [7, 11) is -3.59. The minimum atomic E-state index is -3.59. The van der Waals surface area contributed by atoms with Gasteiger partial charge in [0.05, 0.1) is 13.2 Å². The van der Waals surface area contributed by atoms with Crippen molar-refractivity contribution >= 4 is 16.1 Å². The molecule has 2 aliphatic rings. The van der Waals surface area contributed by atoms with E-state index in [0.717, 1.165) is 5.56 Å². The number of carbonyl (C=O) groups is 1. The van der Waals surface area contributed by atoms with Gasteiger partial charge in [-0.25, -0.2) is 0 Å². The zero-order valence-electron chi connectivity index (χ0n) is 13.7. The standard InChI is InChI=1S/C16H23N3O4S/c1-13(20)18-11-15(14-5-3-2-4-6-14)16(12-18)17-24(21,22)19-7-9-23-10-8-19/h2-6,15-17H,7-12H2,1H3/t15-,16+/m0/s1. The summed E-state index contributed by atoms with van der Waals surface area (Å²) in [5.41, 5.74) is 1.04. The summed E-state index contributed by atoms with van der Waals surface area (Å²) in [6.45, 7) is 3.96. The third kappa shape index (κ3) is 3.77. The lowest BCUT2D eigenvalue weighted by molar-refractivity contribution is -0.127. The summed E-state index contributed by atoms with van der Waals surface area (Å²) in [4.78, 5) is 13.5. The third-order valence-corrected chi connectivity index (χ3v) is 6.25. The van der Waals surface area contributed by atoms with Gasteiger partial charge in [-0.15, -0.1) is 0 Å². The molecule has 2 atom stereocenters. The van der Waals surface area contributed by atoms with Gasteiger partial charge in [0.25, 0.3) is 10.2 Å². The number of nitrogens with one attached hydrogen (secondary N) is 1. The number of ether oxygens (including phenoxy) is 1. The fourth-order valence-corrected chi connectivity index (χ4v) is 4.67. The van der Waals surface area contributed by atoms with Gasteiger partial charge < -0.3 is 9.64 Å². The summed E-state index contributed by atoms with van der Waals surface area (Å²) in [5, 5.41) is 0. The molecule has 3 rings (SSSR count). The number of hydrogen-bond donors (Lipinski definition) is 1. The molecule has 8 heteroatoms. The Kier molecular flexibility index (Phi) is 5.19. The highest BCUT2D eigenvalue weighted by molar-refractivity contribution is 7.87. The topological polar surface area (TPSA) is 79.0 Å². The van der Waals surface area contributed by atoms with Crippen LogP contribution in [0, 0.1) is 0 Å². The van der Waals surface area contributed by atoms with Crippen LogP contribution in [-0.4, -0.2) is 69.0 Å². The number of carbonyl (C=O) groups excluding carboxylic acids is 1. The van der Waals surface area contributed by atoms with Crippen molar-refractivity contribution in [3.63, 3.8) is 0 Å². The highest BCUT2D eigenvalue weighted by atomic mass is 32.2. The Morgan fingerprint density at radius 2 is 1.83 bits per heavy atom. The van der Waals surface area contributed by atoms with Crippen molar-refractivity contribution < 1.29 is 17.9 Å². The molecule has 0 aromatic heterocycles. The van der Waals surface area contributed by atoms with Crippen LogP contribution in [0.3, 0.4) is 0 Å². The van der Waals surface area contributed by atoms with Crippen molar-refractivity contribution in [2.75, 3.05) is 39.4 Å². The van der Waals surface area contributed by atoms with Crippen molar-refractivity contribution in [3.05, 3.63) is 35.9 Å². The van der Waals surface area contributed by atoms with E-state index in [1.807, 2.05) is 30.3 Å². The number of rotatable bonds is 4. The number of nitrogens with zero attached hydrogens (tertiary/aromatic N) is 2. The molecule has 1 aromatic carbocycles. The van der Waals surface area contributed by atoms with Crippen LogP contribution in [0.25, 0.3) is 0 Å². The smallest absolute Gasteiger partial charge is 0.279 e. The molecule has 0 radical (unpaired) electrons. The molecule has 2 aliphatic heterocycles. The minimum absolute atomic E-state index is 0.0380. The predicted octanol–water partition coefficient (Wildman–Crippen LogP) is 0.168. The van der Waals surface area contributed by atoms with Crippen LogP contribution in [0.1, 0.15) is 18.4 Å². The van der Waals surface area contributed by atoms with Crippen molar-refractivity contribution in [1.29, 1.82) is 0 Å². The molecular weight excluding hydrogens is 330 g/mol. The van der Waals surface area contributed by atoms with Gasteiger partial charge in [-0.2, -0.15) is 17.4 Å². The second kappa shape index (κ2) is 7.18. The first kappa shape index (κ1) is 17.3. The monoisotopic (exact) mass is 353 g/mol. The largest absolute Gasteiger partial charge is 0.379 e. The molecule has 132 valence electrons. The van der Waals surface area contributed by atoms with E-state index < -0.39 is 10.2 Å². The Bertz CT molecular complexity index is 674. The van der Waals surface area contributed by atoms with E-state index >= 15 is 0 Å². The molecule has 2 heterocycles. The second-order valence-corrected chi connectivity index (χ2v) is 7.88. The molecule has 24 heavy (non-hydrogen) atoms. The van der Waals surface area contributed by atoms with Gasteiger partial charge in [-0.1, -0.05) is 30.3 Å². The minimum Gasteiger partial charge on any atom is -0.379 e. The molecule has 0 saturated carbocycles. The van der Waals surface area contributed by atoms with Gasteiger partial charge in [0.2, 0.25) is 5.91 Å². The SMILES string of the molecule is CC(=O)N1C[C@@H](NS(=O)(=O)N2CCOCC2)[C@H](c2ccccc2)C1. The number of amides is 1. The fraction of sp³-hybridized carbons (Fsp3) is 0.562. The van der Waals surface area contributed by atoms with Crippen LogP contribution in [0.5, 0.6) is 0 Å². The lowest BCUT2D eigenvalue weighted by Gasteiger charge is -2.29. The molecule has 1 N–H and O–H groups in total. The zero-order chi connectivity index (χ0) is 17.2. The van der Waals surface area contributed by atoms with Crippen LogP contribution in [-0.2, 0) is 19.7 Å². The van der Waals surface area contributed by atoms with Crippen LogP contribution in [0.15, 0.2) is 30.3 Å². The Balaban J connectivity index is 1.79. The van der Waals surface area contributed by atoms with Crippen LogP contribution < -0.4 is 4.72 Å². The molecule has 0 bridgehead atoms. The molecule has 2 fully saturated rings. The lowest BCUT2D eigenvalue weighted by Crippen LogP contribution is -2.51. The Labute approximate surface area is 142 Å². The highest BCUT2D eigenvalue weighted by Gasteiger charge is 2.38. The number of benzene rings is 1. The fourth-order valence-electron chi connectivity index (χ4n) is 3.27. The molecule has 1 amide bonds. The lowest BCUT2D eigenvalue weighted by atomic mass is 9.95. The number of morpholine rings is 1. The predicted molar refractivity (Wildman–Crippen MR) is 89.7 cm³/mol. The number of hydrogen-bond acceptors (Lipinski definition) is 4. The Morgan fingerprint density at radius 1 is 1.17 bits per heavy atom. The molecule has 0 spiro atoms. The van der Waals surface area contributed by atoms with Crippen molar-refractivity contribution in [2.24, 2.45) is 0 Å². The molecule has 0 unspecified atom stereocenters. The summed E-state index contributed by atoms with van der Waals surface area (Å²) in [5.74, 6) is -0.0880. The van der Waals surface area contributed by atoms with Crippen LogP contribution in [0.2, 0.25) is 0 Å². The first-order valence-corrected chi connectivity index (χ1v) is 9.57. The van der Waals surface area contributed by atoms with Gasteiger partial charge >= 0.3 is 0 Å². The average molecular weight is 353 g/mol. The van der Waals surface area contributed by atoms with Gasteiger partial charge in [0.15, 0.2) is 0 Å². The zero-order valence-corrected chi connectivity index (χ0v) is 14.5. The molecular formula is C16H23N3O4S. The maximum absolute atomic E-state index is 12.7. The summed E-state index contributed by atoms with van der Waals surface area (Å²) < 4.78 is 34.7. The Hall–Kier alpha value is -1.48. The Morgan fingerprint density at radius 3 is 2.46 bits per heavy atom. The second-order valence-electron chi connectivity index (χ2n) is 6.18. The first-order chi connectivity index (χ1) is 11.5. The van der Waals surface area contributed by atoms with E-state index in [9.17, 15) is 13.2 Å². The third-order valence-electron chi connectivity index (χ3n) is 4.60. The highest BCUT2D eigenvalue weighted by Crippen LogP contribution is 2.28. The van der Waals surface area contributed by atoms with E-state index in [1.54, 1.807) is 4.90 Å². The van der Waals surface area contributed by atoms with Gasteiger partial charge in [0, 0.05) is 45.1 Å². The van der Waals surface area contributed by atoms with E-state index in [4.69, 9.17) is 4.74 Å². The van der Waals surface area contributed by atoms with Crippen LogP contribution in [0.4, 0.5) is 0 Å². The van der Waals surface area contributed by atoms with E-state index in [2.05, 4.69) is 4.72 Å². The quantitative estimate of drug-likeness (QED) is 0.837. The summed E-state index contributed by atoms with van der Waals surface area (Å²) in [6, 6.07) is 9.41. The van der Waals surface area contributed by atoms with Crippen molar-refractivity contribution in [1.82, 2.24) is 13.9 Å². The molecule has 0 aliphatic carbocycles. The summed E-state index contributed by atoms with van der Waals surface area (Å²) >= 11 is 0. The van der Waals surface area contributed by atoms with Crippen molar-refractivity contribution in [3.8, 4) is 0 Å². The van der Waals surface area contributed by atoms with Gasteiger partial charge in [-0.3, -0.25) is 4.79 Å². The number of likely N-dealkylation sites (tertiary alicyclic amines) is 1. The van der Waals surface area contributed by atoms with Gasteiger partial charge in [-0.05, 0) is 5.56 Å². The van der Waals surface area contributed by atoms with E-state index in [-0.39, 0.29) is 17.9 Å². The van der Waals surface area contributed by atoms with E-state index in [0.29, 0.717) is 39.4 Å². The summed E-state index contributed by atoms with van der Waals surface area (Å²) in [6.07, 6.45) is 0. The maximum atomic E-state index is 12.7. The van der Waals surface area contributed by atoms with E-state index in [1.165, 1.54) is 11.2 Å². The van der Waals surface area contributed by atoms with Crippen molar-refractivity contribution in [2.45, 2.75) is 18.9 Å². The normalized spacial score (nSPS) is 25.8. The molecule has 7 nitrogen and oxygen atoms in total. The molecule has 2 saturated heterocycles. The van der Waals surface area contributed by atoms with Crippen LogP contribution >= 0.6 is 0 Å². The molecule has 1 aromatic rings. The average Bonchev–Trinajstić information content (AvgIpc) is 3.00. The van der Waals surface area contributed by atoms with Gasteiger partial charge in [0.1, 0.15) is 0 Å². The maximum Gasteiger partial charge on any atom is 0.279 e. The first-order valence-electron chi connectivity index (χ1n) is 8.13.